The molecule has 3 N–H and O–H groups in total. The molecule has 122 valence electrons. The van der Waals surface area contributed by atoms with Crippen LogP contribution >= 0.6 is 0 Å². The summed E-state index contributed by atoms with van der Waals surface area (Å²) in [6, 6.07) is 0. The molecule has 0 aromatic carbocycles. The molecule has 0 aromatic rings. The molecular formula is C16H25N3O3. The molecule has 0 unspecified atom stereocenters. The third-order valence-electron chi connectivity index (χ3n) is 3.74. The van der Waals surface area contributed by atoms with Crippen molar-refractivity contribution < 1.29 is 14.8 Å². The Hall–Kier alpha value is -1.95. The fourth-order valence-corrected chi connectivity index (χ4v) is 2.29. The zero-order chi connectivity index (χ0) is 16.4. The third-order valence-corrected chi connectivity index (χ3v) is 3.74. The number of carbonyl (C=O) groups excluding carboxylic acids is 2. The Morgan fingerprint density at radius 3 is 2.64 bits per heavy atom. The van der Waals surface area contributed by atoms with E-state index in [9.17, 15) is 9.59 Å². The molecule has 1 atom stereocenters. The number of unbranched alkanes of at least 4 members (excludes halogenated alkanes) is 1. The topological polar surface area (TPSA) is 90.8 Å². The van der Waals surface area contributed by atoms with Gasteiger partial charge in [-0.2, -0.15) is 5.10 Å². The summed E-state index contributed by atoms with van der Waals surface area (Å²) in [5.41, 5.74) is 6.40. The highest BCUT2D eigenvalue weighted by atomic mass is 16.5. The first-order valence-electron chi connectivity index (χ1n) is 7.62. The van der Waals surface area contributed by atoms with E-state index in [0.717, 1.165) is 24.8 Å². The Labute approximate surface area is 131 Å². The number of carbonyl (C=O) groups is 2. The number of rotatable bonds is 8. The van der Waals surface area contributed by atoms with Crippen molar-refractivity contribution in [2.45, 2.75) is 51.9 Å². The summed E-state index contributed by atoms with van der Waals surface area (Å²) in [7, 11) is 0. The lowest BCUT2D eigenvalue weighted by Crippen LogP contribution is -2.19. The van der Waals surface area contributed by atoms with Crippen molar-refractivity contribution in [2.75, 3.05) is 0 Å². The number of hydrogen-bond acceptors (Lipinski definition) is 4. The van der Waals surface area contributed by atoms with Crippen molar-refractivity contribution in [3.8, 4) is 0 Å². The van der Waals surface area contributed by atoms with E-state index in [0.29, 0.717) is 25.2 Å². The predicted octanol–water partition coefficient (Wildman–Crippen LogP) is 2.46. The van der Waals surface area contributed by atoms with E-state index in [1.54, 1.807) is 11.7 Å². The van der Waals surface area contributed by atoms with Gasteiger partial charge in [0, 0.05) is 12.8 Å². The fourth-order valence-electron chi connectivity index (χ4n) is 2.29. The summed E-state index contributed by atoms with van der Waals surface area (Å²) in [6.07, 6.45) is 8.52. The summed E-state index contributed by atoms with van der Waals surface area (Å²) in [5.74, 6) is -0.0459. The molecule has 2 amide bonds. The number of hydrazone groups is 1. The van der Waals surface area contributed by atoms with Crippen LogP contribution in [0, 0.1) is 5.92 Å². The van der Waals surface area contributed by atoms with E-state index < -0.39 is 5.91 Å². The second-order valence-electron chi connectivity index (χ2n) is 5.63. The first-order valence-corrected chi connectivity index (χ1v) is 7.62. The summed E-state index contributed by atoms with van der Waals surface area (Å²) < 4.78 is 0. The minimum atomic E-state index is -0.435. The van der Waals surface area contributed by atoms with Gasteiger partial charge >= 0.3 is 0 Å². The molecular weight excluding hydrogens is 282 g/mol. The SMILES string of the molecule is C=C(C)[C@@H]1CC=C(/C=N/NC(=O)CCCCC(=O)NO)CC1. The van der Waals surface area contributed by atoms with Crippen LogP contribution in [0.4, 0.5) is 0 Å². The van der Waals surface area contributed by atoms with Gasteiger partial charge in [-0.25, -0.2) is 10.9 Å². The van der Waals surface area contributed by atoms with Crippen molar-refractivity contribution in [3.63, 3.8) is 0 Å². The summed E-state index contributed by atoms with van der Waals surface area (Å²) in [4.78, 5) is 22.3. The normalized spacial score (nSPS) is 17.9. The monoisotopic (exact) mass is 307 g/mol. The van der Waals surface area contributed by atoms with E-state index in [1.807, 2.05) is 0 Å². The van der Waals surface area contributed by atoms with E-state index in [-0.39, 0.29) is 12.3 Å². The van der Waals surface area contributed by atoms with Crippen molar-refractivity contribution in [3.05, 3.63) is 23.8 Å². The van der Waals surface area contributed by atoms with Crippen LogP contribution in [-0.2, 0) is 9.59 Å². The zero-order valence-corrected chi connectivity index (χ0v) is 13.1. The minimum Gasteiger partial charge on any atom is -0.289 e. The van der Waals surface area contributed by atoms with Gasteiger partial charge < -0.3 is 0 Å². The summed E-state index contributed by atoms with van der Waals surface area (Å²) >= 11 is 0. The molecule has 1 rings (SSSR count). The smallest absolute Gasteiger partial charge is 0.243 e. The van der Waals surface area contributed by atoms with Gasteiger partial charge in [0.25, 0.3) is 0 Å². The van der Waals surface area contributed by atoms with Crippen molar-refractivity contribution in [1.82, 2.24) is 10.9 Å². The molecule has 6 heteroatoms. The van der Waals surface area contributed by atoms with Gasteiger partial charge in [-0.3, -0.25) is 14.8 Å². The summed E-state index contributed by atoms with van der Waals surface area (Å²) in [6.45, 7) is 6.04. The first kappa shape index (κ1) is 18.1. The van der Waals surface area contributed by atoms with Crippen LogP contribution < -0.4 is 10.9 Å². The average molecular weight is 307 g/mol. The van der Waals surface area contributed by atoms with Crippen LogP contribution in [-0.4, -0.2) is 23.2 Å². The number of nitrogens with zero attached hydrogens (tertiary/aromatic N) is 1. The molecule has 0 aliphatic heterocycles. The molecule has 0 saturated carbocycles. The lowest BCUT2D eigenvalue weighted by molar-refractivity contribution is -0.129. The van der Waals surface area contributed by atoms with Gasteiger partial charge in [-0.05, 0) is 50.5 Å². The zero-order valence-electron chi connectivity index (χ0n) is 13.1. The number of amides is 2. The maximum absolute atomic E-state index is 11.5. The van der Waals surface area contributed by atoms with Crippen LogP contribution in [0.5, 0.6) is 0 Å². The molecule has 1 aliphatic rings. The quantitative estimate of drug-likeness (QED) is 0.211. The van der Waals surface area contributed by atoms with Crippen LogP contribution in [0.2, 0.25) is 0 Å². The summed E-state index contributed by atoms with van der Waals surface area (Å²) in [5, 5.41) is 12.3. The Balaban J connectivity index is 2.18. The lowest BCUT2D eigenvalue weighted by Gasteiger charge is -2.20. The number of allylic oxidation sites excluding steroid dienone is 3. The maximum Gasteiger partial charge on any atom is 0.243 e. The van der Waals surface area contributed by atoms with Gasteiger partial charge in [-0.1, -0.05) is 18.2 Å². The van der Waals surface area contributed by atoms with Crippen LogP contribution in [0.15, 0.2) is 28.9 Å². The molecule has 0 radical (unpaired) electrons. The van der Waals surface area contributed by atoms with Crippen LogP contribution in [0.1, 0.15) is 51.9 Å². The predicted molar refractivity (Wildman–Crippen MR) is 85.3 cm³/mol. The molecule has 0 aromatic heterocycles. The molecule has 0 fully saturated rings. The first-order chi connectivity index (χ1) is 10.5. The third kappa shape index (κ3) is 7.17. The van der Waals surface area contributed by atoms with Gasteiger partial charge in [0.05, 0.1) is 6.21 Å². The highest BCUT2D eigenvalue weighted by Crippen LogP contribution is 2.27. The maximum atomic E-state index is 11.5. The molecule has 0 heterocycles. The van der Waals surface area contributed by atoms with Crippen LogP contribution in [0.25, 0.3) is 0 Å². The molecule has 0 spiro atoms. The highest BCUT2D eigenvalue weighted by Gasteiger charge is 2.13. The van der Waals surface area contributed by atoms with E-state index in [4.69, 9.17) is 5.21 Å². The van der Waals surface area contributed by atoms with Gasteiger partial charge in [0.2, 0.25) is 11.8 Å². The fraction of sp³-hybridized carbons (Fsp3) is 0.562. The minimum absolute atomic E-state index is 0.170. The molecule has 1 aliphatic carbocycles. The second kappa shape index (κ2) is 9.89. The number of hydroxylamine groups is 1. The van der Waals surface area contributed by atoms with Crippen molar-refractivity contribution >= 4 is 18.0 Å². The lowest BCUT2D eigenvalue weighted by atomic mass is 9.86. The van der Waals surface area contributed by atoms with Gasteiger partial charge in [-0.15, -0.1) is 0 Å². The Kier molecular flexibility index (Phi) is 8.14. The van der Waals surface area contributed by atoms with Crippen molar-refractivity contribution in [2.24, 2.45) is 11.0 Å². The Bertz CT molecular complexity index is 469. The second-order valence-corrected chi connectivity index (χ2v) is 5.63. The number of nitrogens with one attached hydrogen (secondary N) is 2. The number of hydrogen-bond donors (Lipinski definition) is 3. The van der Waals surface area contributed by atoms with E-state index in [1.165, 1.54) is 5.57 Å². The Morgan fingerprint density at radius 1 is 1.41 bits per heavy atom. The molecule has 6 nitrogen and oxygen atoms in total. The highest BCUT2D eigenvalue weighted by molar-refractivity contribution is 5.81. The molecule has 22 heavy (non-hydrogen) atoms. The molecule has 0 bridgehead atoms. The van der Waals surface area contributed by atoms with Crippen LogP contribution in [0.3, 0.4) is 0 Å². The standard InChI is InChI=1S/C16H25N3O3/c1-12(2)14-9-7-13(8-10-14)11-17-18-15(20)5-3-4-6-16(21)19-22/h7,11,14,22H,1,3-6,8-10H2,2H3,(H,18,20)(H,19,21)/b17-11+/t14-/m1/s1. The largest absolute Gasteiger partial charge is 0.289 e. The molecule has 0 saturated heterocycles. The van der Waals surface area contributed by atoms with Gasteiger partial charge in [0.1, 0.15) is 0 Å². The average Bonchev–Trinajstić information content (AvgIpc) is 2.51. The van der Waals surface area contributed by atoms with Crippen molar-refractivity contribution in [1.29, 1.82) is 0 Å². The van der Waals surface area contributed by atoms with E-state index in [2.05, 4.69) is 30.1 Å². The van der Waals surface area contributed by atoms with E-state index >= 15 is 0 Å². The van der Waals surface area contributed by atoms with Gasteiger partial charge in [0.15, 0.2) is 0 Å². The Morgan fingerprint density at radius 2 is 2.09 bits per heavy atom.